The fourth-order valence-corrected chi connectivity index (χ4v) is 1.61. The van der Waals surface area contributed by atoms with Crippen LogP contribution in [0.1, 0.15) is 26.6 Å². The molecule has 2 heterocycles. The third kappa shape index (κ3) is 2.88. The van der Waals surface area contributed by atoms with Gasteiger partial charge in [-0.3, -0.25) is 0 Å². The van der Waals surface area contributed by atoms with Gasteiger partial charge in [-0.15, -0.1) is 5.10 Å². The van der Waals surface area contributed by atoms with E-state index in [1.807, 2.05) is 6.07 Å². The molecular formula is C13H15N5O. The van der Waals surface area contributed by atoms with Crippen LogP contribution in [-0.2, 0) is 0 Å². The molecule has 1 aromatic heterocycles. The molecule has 0 amide bonds. The van der Waals surface area contributed by atoms with Gasteiger partial charge in [0.05, 0.1) is 6.20 Å². The lowest BCUT2D eigenvalue weighted by Crippen LogP contribution is -2.34. The summed E-state index contributed by atoms with van der Waals surface area (Å²) in [6.07, 6.45) is 3.01. The van der Waals surface area contributed by atoms with Crippen LogP contribution in [0.3, 0.4) is 0 Å². The molecule has 1 aliphatic rings. The second kappa shape index (κ2) is 4.69. The van der Waals surface area contributed by atoms with Crippen LogP contribution in [0.15, 0.2) is 24.0 Å². The molecule has 1 aliphatic heterocycles. The Bertz CT molecular complexity index is 580. The van der Waals surface area contributed by atoms with E-state index in [1.54, 1.807) is 5.01 Å². The van der Waals surface area contributed by atoms with Crippen molar-refractivity contribution in [3.05, 3.63) is 24.7 Å². The highest BCUT2D eigenvalue weighted by Gasteiger charge is 2.26. The highest BCUT2D eigenvalue weighted by atomic mass is 16.5. The largest absolute Gasteiger partial charge is 0.432 e. The normalized spacial score (nSPS) is 14.0. The first-order valence-corrected chi connectivity index (χ1v) is 5.86. The molecule has 98 valence electrons. The summed E-state index contributed by atoms with van der Waals surface area (Å²) in [5.41, 5.74) is 0.0160. The molecule has 19 heavy (non-hydrogen) atoms. The number of hydrazone groups is 1. The Balaban J connectivity index is 2.45. The molecule has 0 atom stereocenters. The summed E-state index contributed by atoms with van der Waals surface area (Å²) < 4.78 is 5.48. The molecule has 0 saturated carbocycles. The van der Waals surface area contributed by atoms with Gasteiger partial charge < -0.3 is 4.74 Å². The maximum absolute atomic E-state index is 8.87. The lowest BCUT2D eigenvalue weighted by molar-refractivity contribution is 0.401. The summed E-state index contributed by atoms with van der Waals surface area (Å²) in [7, 11) is 0. The monoisotopic (exact) mass is 257 g/mol. The van der Waals surface area contributed by atoms with E-state index < -0.39 is 0 Å². The fourth-order valence-electron chi connectivity index (χ4n) is 1.61. The Labute approximate surface area is 112 Å². The van der Waals surface area contributed by atoms with Crippen LogP contribution in [0.4, 0.5) is 5.82 Å². The maximum Gasteiger partial charge on any atom is 0.236 e. The second-order valence-corrected chi connectivity index (χ2v) is 5.36. The zero-order valence-corrected chi connectivity index (χ0v) is 11.2. The van der Waals surface area contributed by atoms with Crippen LogP contribution in [-0.4, -0.2) is 22.4 Å². The van der Waals surface area contributed by atoms with Crippen molar-refractivity contribution >= 4 is 11.7 Å². The van der Waals surface area contributed by atoms with Crippen molar-refractivity contribution in [2.75, 3.05) is 11.6 Å². The van der Waals surface area contributed by atoms with E-state index in [0.717, 1.165) is 0 Å². The van der Waals surface area contributed by atoms with E-state index in [9.17, 15) is 0 Å². The number of anilines is 1. The van der Waals surface area contributed by atoms with E-state index in [1.165, 1.54) is 12.3 Å². The number of rotatable bonds is 2. The minimum atomic E-state index is 0.0160. The average molecular weight is 257 g/mol. The summed E-state index contributed by atoms with van der Waals surface area (Å²) in [5.74, 6) is 1.48. The summed E-state index contributed by atoms with van der Waals surface area (Å²) in [5, 5.41) is 14.9. The molecule has 0 N–H and O–H groups in total. The van der Waals surface area contributed by atoms with E-state index in [0.29, 0.717) is 24.0 Å². The number of hydrogen-bond donors (Lipinski definition) is 0. The van der Waals surface area contributed by atoms with Crippen LogP contribution >= 0.6 is 0 Å². The van der Waals surface area contributed by atoms with Gasteiger partial charge in [0, 0.05) is 6.54 Å². The van der Waals surface area contributed by atoms with Crippen molar-refractivity contribution in [1.82, 2.24) is 9.97 Å². The molecule has 0 fully saturated rings. The smallest absolute Gasteiger partial charge is 0.236 e. The molecule has 6 heteroatoms. The summed E-state index contributed by atoms with van der Waals surface area (Å²) in [6, 6.07) is 1.91. The highest BCUT2D eigenvalue weighted by Crippen LogP contribution is 2.31. The van der Waals surface area contributed by atoms with Gasteiger partial charge >= 0.3 is 0 Å². The molecule has 0 saturated heterocycles. The number of aromatic nitrogens is 2. The third-order valence-corrected chi connectivity index (χ3v) is 2.31. The molecule has 0 unspecified atom stereocenters. The summed E-state index contributed by atoms with van der Waals surface area (Å²) >= 11 is 0. The molecule has 0 aromatic carbocycles. The van der Waals surface area contributed by atoms with Crippen molar-refractivity contribution in [3.8, 4) is 11.8 Å². The zero-order valence-electron chi connectivity index (χ0n) is 11.2. The van der Waals surface area contributed by atoms with Gasteiger partial charge in [-0.25, -0.2) is 9.99 Å². The Morgan fingerprint density at radius 1 is 1.53 bits per heavy atom. The number of hydrogen-bond acceptors (Lipinski definition) is 6. The van der Waals surface area contributed by atoms with Gasteiger partial charge in [-0.1, -0.05) is 27.4 Å². The van der Waals surface area contributed by atoms with Crippen LogP contribution in [0.5, 0.6) is 5.75 Å². The Morgan fingerprint density at radius 3 is 2.84 bits per heavy atom. The highest BCUT2D eigenvalue weighted by molar-refractivity contribution is 5.92. The number of fused-ring (bicyclic) bond motifs is 1. The minimum absolute atomic E-state index is 0.0160. The van der Waals surface area contributed by atoms with E-state index in [4.69, 9.17) is 10.00 Å². The van der Waals surface area contributed by atoms with Crippen LogP contribution in [0.25, 0.3) is 0 Å². The maximum atomic E-state index is 8.87. The molecular weight excluding hydrogens is 242 g/mol. The van der Waals surface area contributed by atoms with E-state index in [2.05, 4.69) is 42.4 Å². The minimum Gasteiger partial charge on any atom is -0.432 e. The zero-order chi connectivity index (χ0) is 14.0. The molecule has 6 nitrogen and oxygen atoms in total. The van der Waals surface area contributed by atoms with Crippen molar-refractivity contribution in [2.45, 2.75) is 20.8 Å². The van der Waals surface area contributed by atoms with Crippen LogP contribution in [0, 0.1) is 16.7 Å². The third-order valence-electron chi connectivity index (χ3n) is 2.31. The van der Waals surface area contributed by atoms with Gasteiger partial charge in [0.2, 0.25) is 11.7 Å². The quantitative estimate of drug-likeness (QED) is 0.811. The first-order valence-electron chi connectivity index (χ1n) is 5.86. The number of nitriles is 1. The molecule has 0 aliphatic carbocycles. The second-order valence-electron chi connectivity index (χ2n) is 5.36. The Kier molecular flexibility index (Phi) is 3.21. The van der Waals surface area contributed by atoms with Gasteiger partial charge in [-0.05, 0) is 11.5 Å². The van der Waals surface area contributed by atoms with Gasteiger partial charge in [-0.2, -0.15) is 10.2 Å². The molecule has 2 rings (SSSR count). The van der Waals surface area contributed by atoms with Gasteiger partial charge in [0.1, 0.15) is 6.07 Å². The summed E-state index contributed by atoms with van der Waals surface area (Å²) in [6.45, 7) is 10.6. The van der Waals surface area contributed by atoms with Crippen LogP contribution in [0.2, 0.25) is 0 Å². The lowest BCUT2D eigenvalue weighted by atomic mass is 9.97. The SMILES string of the molecule is C=CC1=NN(CC(C)(C)C)c2nc(C#N)ncc2O1. The standard InChI is InChI=1S/C13H15N5O/c1-5-11-17-18(8-13(2,3)4)12-9(19-11)7-15-10(6-14)16-12/h5,7H,1,8H2,2-4H3. The van der Waals surface area contributed by atoms with Gasteiger partial charge in [0.25, 0.3) is 0 Å². The molecule has 1 aromatic rings. The first-order chi connectivity index (χ1) is 8.93. The topological polar surface area (TPSA) is 74.4 Å². The predicted octanol–water partition coefficient (Wildman–Crippen LogP) is 2.09. The van der Waals surface area contributed by atoms with E-state index >= 15 is 0 Å². The van der Waals surface area contributed by atoms with Crippen molar-refractivity contribution < 1.29 is 4.74 Å². The van der Waals surface area contributed by atoms with E-state index in [-0.39, 0.29) is 11.2 Å². The number of nitrogens with zero attached hydrogens (tertiary/aromatic N) is 5. The Hall–Kier alpha value is -2.42. The summed E-state index contributed by atoms with van der Waals surface area (Å²) in [4.78, 5) is 8.05. The van der Waals surface area contributed by atoms with Crippen LogP contribution < -0.4 is 9.75 Å². The average Bonchev–Trinajstić information content (AvgIpc) is 2.36. The molecule has 0 radical (unpaired) electrons. The molecule has 0 spiro atoms. The van der Waals surface area contributed by atoms with Crippen molar-refractivity contribution in [3.63, 3.8) is 0 Å². The molecule has 0 bridgehead atoms. The van der Waals surface area contributed by atoms with Crippen molar-refractivity contribution in [2.24, 2.45) is 10.5 Å². The Morgan fingerprint density at radius 2 is 2.26 bits per heavy atom. The predicted molar refractivity (Wildman–Crippen MR) is 71.8 cm³/mol. The number of ether oxygens (including phenoxy) is 1. The fraction of sp³-hybridized carbons (Fsp3) is 0.385. The lowest BCUT2D eigenvalue weighted by Gasteiger charge is -2.30. The van der Waals surface area contributed by atoms with Gasteiger partial charge in [0.15, 0.2) is 11.6 Å². The van der Waals surface area contributed by atoms with Crippen molar-refractivity contribution in [1.29, 1.82) is 5.26 Å². The first kappa shape index (κ1) is 13.0.